The highest BCUT2D eigenvalue weighted by atomic mass is 35.5. The molecule has 22 heavy (non-hydrogen) atoms. The van der Waals surface area contributed by atoms with E-state index in [1.54, 1.807) is 18.2 Å². The Bertz CT molecular complexity index is 651. The van der Waals surface area contributed by atoms with E-state index in [2.05, 4.69) is 4.90 Å². The lowest BCUT2D eigenvalue weighted by Gasteiger charge is -2.34. The summed E-state index contributed by atoms with van der Waals surface area (Å²) in [5.41, 5.74) is 8.29. The smallest absolute Gasteiger partial charge is 0.126 e. The lowest BCUT2D eigenvalue weighted by atomic mass is 9.90. The first-order chi connectivity index (χ1) is 10.6. The first kappa shape index (κ1) is 15.2. The van der Waals surface area contributed by atoms with Gasteiger partial charge in [0.2, 0.25) is 0 Å². The molecule has 1 aliphatic heterocycles. The van der Waals surface area contributed by atoms with Crippen LogP contribution in [0.4, 0.5) is 15.8 Å². The molecular weight excluding hydrogens is 299 g/mol. The van der Waals surface area contributed by atoms with Crippen molar-refractivity contribution >= 4 is 23.0 Å². The standard InChI is InChI=1S/C18H20ClFN2/c19-16-12-15(21)5-6-18(16)22-9-7-13(8-10-22)11-14-3-1-2-4-17(14)20/h1-6,12-13H,7-11,21H2. The van der Waals surface area contributed by atoms with Crippen LogP contribution in [0.1, 0.15) is 18.4 Å². The Balaban J connectivity index is 1.62. The lowest BCUT2D eigenvalue weighted by Crippen LogP contribution is -2.34. The van der Waals surface area contributed by atoms with Crippen molar-refractivity contribution in [1.82, 2.24) is 0 Å². The van der Waals surface area contributed by atoms with Crippen LogP contribution in [-0.2, 0) is 6.42 Å². The number of halogens is 2. The highest BCUT2D eigenvalue weighted by Crippen LogP contribution is 2.32. The van der Waals surface area contributed by atoms with Crippen LogP contribution in [0.5, 0.6) is 0 Å². The van der Waals surface area contributed by atoms with E-state index in [4.69, 9.17) is 17.3 Å². The normalized spacial score (nSPS) is 16.0. The molecule has 0 saturated carbocycles. The van der Waals surface area contributed by atoms with Crippen LogP contribution in [0.2, 0.25) is 5.02 Å². The largest absolute Gasteiger partial charge is 0.399 e. The van der Waals surface area contributed by atoms with E-state index in [1.807, 2.05) is 24.3 Å². The van der Waals surface area contributed by atoms with Crippen LogP contribution in [0, 0.1) is 11.7 Å². The Kier molecular flexibility index (Phi) is 4.53. The molecule has 4 heteroatoms. The van der Waals surface area contributed by atoms with Crippen molar-refractivity contribution in [3.8, 4) is 0 Å². The summed E-state index contributed by atoms with van der Waals surface area (Å²) in [4.78, 5) is 2.29. The molecule has 1 fully saturated rings. The van der Waals surface area contributed by atoms with Gasteiger partial charge in [0.05, 0.1) is 10.7 Å². The van der Waals surface area contributed by atoms with E-state index in [-0.39, 0.29) is 5.82 Å². The van der Waals surface area contributed by atoms with Gasteiger partial charge < -0.3 is 10.6 Å². The summed E-state index contributed by atoms with van der Waals surface area (Å²) >= 11 is 6.28. The highest BCUT2D eigenvalue weighted by Gasteiger charge is 2.21. The first-order valence-electron chi connectivity index (χ1n) is 7.67. The molecule has 0 aliphatic carbocycles. The Morgan fingerprint density at radius 1 is 1.14 bits per heavy atom. The second-order valence-corrected chi connectivity index (χ2v) is 6.34. The van der Waals surface area contributed by atoms with Gasteiger partial charge in [0.15, 0.2) is 0 Å². The number of nitrogens with zero attached hydrogens (tertiary/aromatic N) is 1. The van der Waals surface area contributed by atoms with Gasteiger partial charge in [-0.1, -0.05) is 29.8 Å². The Labute approximate surface area is 135 Å². The number of rotatable bonds is 3. The van der Waals surface area contributed by atoms with Gasteiger partial charge in [0.25, 0.3) is 0 Å². The Morgan fingerprint density at radius 3 is 2.55 bits per heavy atom. The summed E-state index contributed by atoms with van der Waals surface area (Å²) in [5.74, 6) is 0.437. The molecule has 0 bridgehead atoms. The molecule has 0 unspecified atom stereocenters. The summed E-state index contributed by atoms with van der Waals surface area (Å²) < 4.78 is 13.7. The molecule has 0 spiro atoms. The summed E-state index contributed by atoms with van der Waals surface area (Å²) in [5, 5.41) is 0.701. The maximum Gasteiger partial charge on any atom is 0.126 e. The number of benzene rings is 2. The molecule has 2 N–H and O–H groups in total. The van der Waals surface area contributed by atoms with Crippen molar-refractivity contribution in [3.05, 3.63) is 58.9 Å². The molecule has 0 atom stereocenters. The Morgan fingerprint density at radius 2 is 1.86 bits per heavy atom. The fraction of sp³-hybridized carbons (Fsp3) is 0.333. The number of hydrogen-bond acceptors (Lipinski definition) is 2. The van der Waals surface area contributed by atoms with E-state index in [0.717, 1.165) is 43.6 Å². The lowest BCUT2D eigenvalue weighted by molar-refractivity contribution is 0.398. The minimum absolute atomic E-state index is 0.0912. The fourth-order valence-corrected chi connectivity index (χ4v) is 3.44. The van der Waals surface area contributed by atoms with Crippen molar-refractivity contribution in [2.75, 3.05) is 23.7 Å². The average molecular weight is 319 g/mol. The van der Waals surface area contributed by atoms with Gasteiger partial charge in [-0.2, -0.15) is 0 Å². The molecule has 2 aromatic rings. The zero-order valence-corrected chi connectivity index (χ0v) is 13.2. The predicted molar refractivity (Wildman–Crippen MR) is 90.9 cm³/mol. The second kappa shape index (κ2) is 6.57. The van der Waals surface area contributed by atoms with Crippen LogP contribution < -0.4 is 10.6 Å². The molecule has 116 valence electrons. The van der Waals surface area contributed by atoms with Gasteiger partial charge in [-0.05, 0) is 55.0 Å². The third-order valence-electron chi connectivity index (χ3n) is 4.39. The van der Waals surface area contributed by atoms with Gasteiger partial charge in [-0.15, -0.1) is 0 Å². The van der Waals surface area contributed by atoms with Gasteiger partial charge in [0.1, 0.15) is 5.82 Å². The molecule has 0 amide bonds. The number of nitrogen functional groups attached to an aromatic ring is 1. The van der Waals surface area contributed by atoms with Gasteiger partial charge in [-0.25, -0.2) is 4.39 Å². The summed E-state index contributed by atoms with van der Waals surface area (Å²) in [6.07, 6.45) is 2.92. The Hall–Kier alpha value is -1.74. The summed E-state index contributed by atoms with van der Waals surface area (Å²) in [6.45, 7) is 1.89. The van der Waals surface area contributed by atoms with Gasteiger partial charge in [-0.3, -0.25) is 0 Å². The predicted octanol–water partition coefficient (Wildman–Crippen LogP) is 4.52. The topological polar surface area (TPSA) is 29.3 Å². The molecule has 2 aromatic carbocycles. The van der Waals surface area contributed by atoms with Crippen molar-refractivity contribution < 1.29 is 4.39 Å². The van der Waals surface area contributed by atoms with Crippen LogP contribution in [-0.4, -0.2) is 13.1 Å². The molecular formula is C18H20ClFN2. The number of hydrogen-bond donors (Lipinski definition) is 1. The maximum atomic E-state index is 13.7. The fourth-order valence-electron chi connectivity index (χ4n) is 3.13. The molecule has 1 heterocycles. The summed E-state index contributed by atoms with van der Waals surface area (Å²) in [6, 6.07) is 12.7. The molecule has 3 rings (SSSR count). The van der Waals surface area contributed by atoms with Crippen molar-refractivity contribution in [2.45, 2.75) is 19.3 Å². The molecule has 1 aliphatic rings. The second-order valence-electron chi connectivity index (χ2n) is 5.94. The summed E-state index contributed by atoms with van der Waals surface area (Å²) in [7, 11) is 0. The molecule has 0 aromatic heterocycles. The number of anilines is 2. The number of piperidine rings is 1. The van der Waals surface area contributed by atoms with Crippen LogP contribution in [0.3, 0.4) is 0 Å². The first-order valence-corrected chi connectivity index (χ1v) is 8.04. The maximum absolute atomic E-state index is 13.7. The zero-order chi connectivity index (χ0) is 15.5. The van der Waals surface area contributed by atoms with Crippen molar-refractivity contribution in [3.63, 3.8) is 0 Å². The van der Waals surface area contributed by atoms with Crippen LogP contribution in [0.15, 0.2) is 42.5 Å². The van der Waals surface area contributed by atoms with E-state index < -0.39 is 0 Å². The number of nitrogens with two attached hydrogens (primary N) is 1. The SMILES string of the molecule is Nc1ccc(N2CCC(Cc3ccccc3F)CC2)c(Cl)c1. The molecule has 1 saturated heterocycles. The monoisotopic (exact) mass is 318 g/mol. The van der Waals surface area contributed by atoms with E-state index in [9.17, 15) is 4.39 Å². The van der Waals surface area contributed by atoms with Crippen molar-refractivity contribution in [1.29, 1.82) is 0 Å². The van der Waals surface area contributed by atoms with Gasteiger partial charge in [0, 0.05) is 18.8 Å². The quantitative estimate of drug-likeness (QED) is 0.843. The molecule has 2 nitrogen and oxygen atoms in total. The van der Waals surface area contributed by atoms with E-state index >= 15 is 0 Å². The minimum atomic E-state index is -0.0912. The van der Waals surface area contributed by atoms with Crippen molar-refractivity contribution in [2.24, 2.45) is 5.92 Å². The zero-order valence-electron chi connectivity index (χ0n) is 12.4. The highest BCUT2D eigenvalue weighted by molar-refractivity contribution is 6.33. The molecule has 0 radical (unpaired) electrons. The minimum Gasteiger partial charge on any atom is -0.399 e. The average Bonchev–Trinajstić information content (AvgIpc) is 2.51. The third kappa shape index (κ3) is 3.36. The van der Waals surface area contributed by atoms with Crippen LogP contribution >= 0.6 is 11.6 Å². The van der Waals surface area contributed by atoms with Crippen LogP contribution in [0.25, 0.3) is 0 Å². The van der Waals surface area contributed by atoms with E-state index in [0.29, 0.717) is 16.6 Å². The van der Waals surface area contributed by atoms with Gasteiger partial charge >= 0.3 is 0 Å². The third-order valence-corrected chi connectivity index (χ3v) is 4.70. The van der Waals surface area contributed by atoms with E-state index in [1.165, 1.54) is 0 Å².